The van der Waals surface area contributed by atoms with Gasteiger partial charge in [-0.2, -0.15) is 4.98 Å². The molecule has 0 radical (unpaired) electrons. The van der Waals surface area contributed by atoms with Gasteiger partial charge in [0.1, 0.15) is 5.82 Å². The average Bonchev–Trinajstić information content (AvgIpc) is 2.20. The molecule has 4 heteroatoms. The predicted octanol–water partition coefficient (Wildman–Crippen LogP) is 1.52. The van der Waals surface area contributed by atoms with E-state index in [2.05, 4.69) is 11.9 Å². The zero-order valence-corrected chi connectivity index (χ0v) is 8.95. The number of hydrogen-bond donors (Lipinski definition) is 1. The molecule has 0 bridgehead atoms. The van der Waals surface area contributed by atoms with Crippen molar-refractivity contribution in [1.82, 2.24) is 4.98 Å². The van der Waals surface area contributed by atoms with E-state index < -0.39 is 0 Å². The van der Waals surface area contributed by atoms with Gasteiger partial charge in [-0.1, -0.05) is 0 Å². The summed E-state index contributed by atoms with van der Waals surface area (Å²) in [6, 6.07) is 3.71. The van der Waals surface area contributed by atoms with Crippen LogP contribution in [-0.2, 0) is 0 Å². The fraction of sp³-hybridized carbons (Fsp3) is 0.500. The van der Waals surface area contributed by atoms with E-state index in [0.717, 1.165) is 12.4 Å². The third-order valence-corrected chi connectivity index (χ3v) is 2.02. The molecule has 1 aromatic rings. The second-order valence-electron chi connectivity index (χ2n) is 3.01. The van der Waals surface area contributed by atoms with Crippen LogP contribution in [0.4, 0.5) is 11.5 Å². The highest BCUT2D eigenvalue weighted by Crippen LogP contribution is 2.22. The monoisotopic (exact) mass is 195 g/mol. The molecule has 0 spiro atoms. The van der Waals surface area contributed by atoms with Crippen LogP contribution in [0.1, 0.15) is 13.8 Å². The van der Waals surface area contributed by atoms with Crippen LogP contribution < -0.4 is 15.4 Å². The largest absolute Gasteiger partial charge is 0.476 e. The van der Waals surface area contributed by atoms with Crippen LogP contribution in [0.3, 0.4) is 0 Å². The molecule has 4 nitrogen and oxygen atoms in total. The number of aromatic nitrogens is 1. The Labute approximate surface area is 84.7 Å². The standard InChI is InChI=1S/C10H17N3O/c1-4-13(3)9-7-6-8(11)10(12-9)14-5-2/h6-7H,4-5,11H2,1-3H3. The molecule has 14 heavy (non-hydrogen) atoms. The fourth-order valence-corrected chi connectivity index (χ4v) is 1.07. The van der Waals surface area contributed by atoms with Gasteiger partial charge in [0.05, 0.1) is 12.3 Å². The second kappa shape index (κ2) is 4.69. The van der Waals surface area contributed by atoms with Crippen LogP contribution in [0.15, 0.2) is 12.1 Å². The minimum Gasteiger partial charge on any atom is -0.476 e. The first-order valence-corrected chi connectivity index (χ1v) is 4.79. The van der Waals surface area contributed by atoms with E-state index in [9.17, 15) is 0 Å². The van der Waals surface area contributed by atoms with Gasteiger partial charge in [0.25, 0.3) is 0 Å². The highest BCUT2D eigenvalue weighted by molar-refractivity contribution is 5.54. The zero-order valence-electron chi connectivity index (χ0n) is 8.95. The van der Waals surface area contributed by atoms with Crippen molar-refractivity contribution in [1.29, 1.82) is 0 Å². The normalized spacial score (nSPS) is 9.93. The lowest BCUT2D eigenvalue weighted by Gasteiger charge is -2.16. The molecule has 0 unspecified atom stereocenters. The number of nitrogens with zero attached hydrogens (tertiary/aromatic N) is 2. The van der Waals surface area contributed by atoms with Gasteiger partial charge in [-0.05, 0) is 26.0 Å². The number of nitrogen functional groups attached to an aromatic ring is 1. The van der Waals surface area contributed by atoms with Crippen molar-refractivity contribution in [2.45, 2.75) is 13.8 Å². The van der Waals surface area contributed by atoms with E-state index in [-0.39, 0.29) is 0 Å². The Morgan fingerprint density at radius 1 is 1.43 bits per heavy atom. The molecule has 1 heterocycles. The van der Waals surface area contributed by atoms with Crippen LogP contribution >= 0.6 is 0 Å². The minimum atomic E-state index is 0.519. The fourth-order valence-electron chi connectivity index (χ4n) is 1.07. The van der Waals surface area contributed by atoms with Gasteiger partial charge in [-0.3, -0.25) is 0 Å². The Kier molecular flexibility index (Phi) is 3.56. The van der Waals surface area contributed by atoms with Crippen molar-refractivity contribution in [2.75, 3.05) is 30.8 Å². The predicted molar refractivity (Wildman–Crippen MR) is 58.8 cm³/mol. The Morgan fingerprint density at radius 2 is 2.14 bits per heavy atom. The number of nitrogens with two attached hydrogens (primary N) is 1. The van der Waals surface area contributed by atoms with Crippen molar-refractivity contribution < 1.29 is 4.74 Å². The third kappa shape index (κ3) is 2.28. The lowest BCUT2D eigenvalue weighted by molar-refractivity contribution is 0.329. The molecule has 0 aliphatic carbocycles. The number of hydrogen-bond acceptors (Lipinski definition) is 4. The molecule has 0 atom stereocenters. The molecule has 1 aromatic heterocycles. The molecule has 0 saturated heterocycles. The number of rotatable bonds is 4. The average molecular weight is 195 g/mol. The number of anilines is 2. The van der Waals surface area contributed by atoms with Crippen molar-refractivity contribution in [3.8, 4) is 5.88 Å². The lowest BCUT2D eigenvalue weighted by Crippen LogP contribution is -2.17. The van der Waals surface area contributed by atoms with Crippen molar-refractivity contribution >= 4 is 11.5 Å². The van der Waals surface area contributed by atoms with Crippen LogP contribution in [0, 0.1) is 0 Å². The summed E-state index contributed by atoms with van der Waals surface area (Å²) >= 11 is 0. The molecule has 0 aromatic carbocycles. The summed E-state index contributed by atoms with van der Waals surface area (Å²) in [6.45, 7) is 5.47. The van der Waals surface area contributed by atoms with Gasteiger partial charge in [0, 0.05) is 13.6 Å². The summed E-state index contributed by atoms with van der Waals surface area (Å²) < 4.78 is 5.31. The van der Waals surface area contributed by atoms with Crippen LogP contribution in [0.25, 0.3) is 0 Å². The molecule has 0 saturated carbocycles. The van der Waals surface area contributed by atoms with E-state index in [1.165, 1.54) is 0 Å². The van der Waals surface area contributed by atoms with Gasteiger partial charge in [-0.15, -0.1) is 0 Å². The van der Waals surface area contributed by atoms with Crippen LogP contribution in [-0.4, -0.2) is 25.2 Å². The first kappa shape index (κ1) is 10.6. The second-order valence-corrected chi connectivity index (χ2v) is 3.01. The molecule has 78 valence electrons. The molecule has 0 aliphatic heterocycles. The van der Waals surface area contributed by atoms with Crippen molar-refractivity contribution in [3.05, 3.63) is 12.1 Å². The van der Waals surface area contributed by atoms with Crippen molar-refractivity contribution in [3.63, 3.8) is 0 Å². The highest BCUT2D eigenvalue weighted by atomic mass is 16.5. The molecule has 0 aliphatic rings. The molecule has 1 rings (SSSR count). The third-order valence-electron chi connectivity index (χ3n) is 2.02. The molecule has 2 N–H and O–H groups in total. The Morgan fingerprint density at radius 3 is 2.71 bits per heavy atom. The SMILES string of the molecule is CCOc1nc(N(C)CC)ccc1N. The Bertz CT molecular complexity index is 301. The molecule has 0 amide bonds. The first-order valence-electron chi connectivity index (χ1n) is 4.79. The molecular formula is C10H17N3O. The van der Waals surface area contributed by atoms with Gasteiger partial charge in [-0.25, -0.2) is 0 Å². The minimum absolute atomic E-state index is 0.519. The van der Waals surface area contributed by atoms with Gasteiger partial charge in [0.2, 0.25) is 5.88 Å². The van der Waals surface area contributed by atoms with Gasteiger partial charge < -0.3 is 15.4 Å². The maximum absolute atomic E-state index is 5.71. The first-order chi connectivity index (χ1) is 6.69. The van der Waals surface area contributed by atoms with Gasteiger partial charge >= 0.3 is 0 Å². The highest BCUT2D eigenvalue weighted by Gasteiger charge is 2.05. The molecule has 0 fully saturated rings. The van der Waals surface area contributed by atoms with Gasteiger partial charge in [0.15, 0.2) is 0 Å². The summed E-state index contributed by atoms with van der Waals surface area (Å²) in [5.41, 5.74) is 6.29. The molecular weight excluding hydrogens is 178 g/mol. The maximum Gasteiger partial charge on any atom is 0.239 e. The topological polar surface area (TPSA) is 51.4 Å². The quantitative estimate of drug-likeness (QED) is 0.791. The summed E-state index contributed by atoms with van der Waals surface area (Å²) in [7, 11) is 1.98. The summed E-state index contributed by atoms with van der Waals surface area (Å²) in [5, 5.41) is 0. The van der Waals surface area contributed by atoms with E-state index in [1.807, 2.05) is 31.0 Å². The van der Waals surface area contributed by atoms with Crippen LogP contribution in [0.2, 0.25) is 0 Å². The van der Waals surface area contributed by atoms with E-state index >= 15 is 0 Å². The van der Waals surface area contributed by atoms with E-state index in [0.29, 0.717) is 18.2 Å². The number of pyridine rings is 1. The Hall–Kier alpha value is -1.45. The lowest BCUT2D eigenvalue weighted by atomic mass is 10.4. The summed E-state index contributed by atoms with van der Waals surface area (Å²) in [4.78, 5) is 6.34. The van der Waals surface area contributed by atoms with E-state index in [1.54, 1.807) is 0 Å². The zero-order chi connectivity index (χ0) is 10.6. The summed E-state index contributed by atoms with van der Waals surface area (Å²) in [5.74, 6) is 1.40. The van der Waals surface area contributed by atoms with E-state index in [4.69, 9.17) is 10.5 Å². The smallest absolute Gasteiger partial charge is 0.239 e. The summed E-state index contributed by atoms with van der Waals surface area (Å²) in [6.07, 6.45) is 0. The van der Waals surface area contributed by atoms with Crippen LogP contribution in [0.5, 0.6) is 5.88 Å². The Balaban J connectivity index is 2.93. The number of ether oxygens (including phenoxy) is 1. The maximum atomic E-state index is 5.71. The van der Waals surface area contributed by atoms with Crippen molar-refractivity contribution in [2.24, 2.45) is 0 Å².